The van der Waals surface area contributed by atoms with E-state index in [4.69, 9.17) is 0 Å². The number of carbonyl (C=O) groups excluding carboxylic acids is 2. The number of Topliss-reactive ketones (excluding diaryl/α,β-unsaturated/α-hetero) is 2. The minimum Gasteiger partial charge on any atom is -0.870 e. The van der Waals surface area contributed by atoms with Gasteiger partial charge < -0.3 is 30.1 Å². The Morgan fingerprint density at radius 1 is 0.727 bits per heavy atom. The van der Waals surface area contributed by atoms with Crippen molar-refractivity contribution in [1.29, 1.82) is 0 Å². The van der Waals surface area contributed by atoms with Crippen molar-refractivity contribution >= 4 is 11.6 Å². The third-order valence-electron chi connectivity index (χ3n) is 3.58. The third kappa shape index (κ3) is 7.92. The van der Waals surface area contributed by atoms with Crippen LogP contribution in [0.5, 0.6) is 0 Å². The van der Waals surface area contributed by atoms with Crippen LogP contribution in [0, 0.1) is 0 Å². The molecule has 0 aromatic carbocycles. The highest BCUT2D eigenvalue weighted by Crippen LogP contribution is 2.11. The zero-order valence-corrected chi connectivity index (χ0v) is 14.5. The number of nitrogens with zero attached hydrogens (tertiary/aromatic N) is 2. The predicted octanol–water partition coefficient (Wildman–Crippen LogP) is -1.31. The summed E-state index contributed by atoms with van der Waals surface area (Å²) in [6.07, 6.45) is 0.214. The van der Waals surface area contributed by atoms with Crippen molar-refractivity contribution in [3.8, 4) is 0 Å². The lowest BCUT2D eigenvalue weighted by Gasteiger charge is -2.33. The number of hydrogen-bond acceptors (Lipinski definition) is 6. The summed E-state index contributed by atoms with van der Waals surface area (Å²) in [5.41, 5.74) is 0. The Morgan fingerprint density at radius 3 is 1.09 bits per heavy atom. The van der Waals surface area contributed by atoms with Crippen LogP contribution in [0.1, 0.15) is 12.8 Å². The van der Waals surface area contributed by atoms with Crippen LogP contribution >= 0.6 is 0 Å². The van der Waals surface area contributed by atoms with Crippen molar-refractivity contribution in [1.82, 2.24) is 0 Å². The first-order chi connectivity index (χ1) is 8.95. The minimum absolute atomic E-state index is 0. The molecule has 2 unspecified atom stereocenters. The van der Waals surface area contributed by atoms with Gasteiger partial charge in [0.1, 0.15) is 13.2 Å². The van der Waals surface area contributed by atoms with E-state index in [1.54, 1.807) is 0 Å². The maximum atomic E-state index is 12.1. The van der Waals surface area contributed by atoms with E-state index >= 15 is 0 Å². The van der Waals surface area contributed by atoms with Crippen LogP contribution in [-0.2, 0) is 9.59 Å². The molecule has 0 heterocycles. The van der Waals surface area contributed by atoms with Crippen molar-refractivity contribution in [2.45, 2.75) is 24.9 Å². The van der Waals surface area contributed by atoms with E-state index < -0.39 is 12.1 Å². The molecule has 0 aromatic heterocycles. The molecule has 22 heavy (non-hydrogen) atoms. The Balaban J connectivity index is -0.00000180. The van der Waals surface area contributed by atoms with Crippen LogP contribution in [0.25, 0.3) is 0 Å². The van der Waals surface area contributed by atoms with Crippen molar-refractivity contribution in [2.75, 3.05) is 55.5 Å². The fraction of sp³-hybridized carbons (Fsp3) is 0.857. The van der Waals surface area contributed by atoms with E-state index in [1.165, 1.54) is 0 Å². The van der Waals surface area contributed by atoms with Gasteiger partial charge in [0.05, 0.1) is 42.3 Å². The molecule has 0 bridgehead atoms. The minimum atomic E-state index is -0.514. The van der Waals surface area contributed by atoms with E-state index in [0.29, 0.717) is 8.97 Å². The molecule has 0 rings (SSSR count). The lowest BCUT2D eigenvalue weighted by molar-refractivity contribution is -0.887. The topological polar surface area (TPSA) is 135 Å². The summed E-state index contributed by atoms with van der Waals surface area (Å²) >= 11 is 0. The third-order valence-corrected chi connectivity index (χ3v) is 3.58. The lowest BCUT2D eigenvalue weighted by Crippen LogP contribution is -2.53. The van der Waals surface area contributed by atoms with Crippen LogP contribution in [-0.4, -0.2) is 109 Å². The molecule has 8 heteroatoms. The first kappa shape index (κ1) is 26.0. The van der Waals surface area contributed by atoms with Crippen molar-refractivity contribution in [2.24, 2.45) is 0 Å². The highest BCUT2D eigenvalue weighted by molar-refractivity contribution is 5.90. The molecule has 0 aliphatic heterocycles. The second-order valence-corrected chi connectivity index (χ2v) is 7.06. The molecule has 0 saturated carbocycles. The molecule has 134 valence electrons. The summed E-state index contributed by atoms with van der Waals surface area (Å²) in [6, 6.07) is -1.03. The average Bonchev–Trinajstić information content (AvgIpc) is 2.24. The summed E-state index contributed by atoms with van der Waals surface area (Å²) < 4.78 is 0.671. The molecule has 0 radical (unpaired) electrons. The Kier molecular flexibility index (Phi) is 11.8. The van der Waals surface area contributed by atoms with Crippen molar-refractivity contribution in [3.63, 3.8) is 0 Å². The van der Waals surface area contributed by atoms with E-state index in [0.717, 1.165) is 0 Å². The molecule has 0 saturated heterocycles. The van der Waals surface area contributed by atoms with Crippen molar-refractivity contribution in [3.05, 3.63) is 0 Å². The van der Waals surface area contributed by atoms with Gasteiger partial charge in [-0.3, -0.25) is 9.59 Å². The zero-order chi connectivity index (χ0) is 16.1. The normalized spacial score (nSPS) is 14.4. The van der Waals surface area contributed by atoms with Crippen LogP contribution in [0.2, 0.25) is 0 Å². The lowest BCUT2D eigenvalue weighted by atomic mass is 10.0. The van der Waals surface area contributed by atoms with Gasteiger partial charge in [-0.1, -0.05) is 0 Å². The second-order valence-electron chi connectivity index (χ2n) is 7.06. The molecule has 0 aliphatic rings. The fourth-order valence-electron chi connectivity index (χ4n) is 2.14. The number of ketones is 2. The molecule has 8 nitrogen and oxygen atoms in total. The molecule has 0 aromatic rings. The number of hydrogen-bond donors (Lipinski definition) is 2. The van der Waals surface area contributed by atoms with Gasteiger partial charge in [-0.05, 0) is 0 Å². The molecule has 0 aliphatic carbocycles. The largest absolute Gasteiger partial charge is 0.870 e. The highest BCUT2D eigenvalue weighted by Gasteiger charge is 2.34. The van der Waals surface area contributed by atoms with E-state index in [9.17, 15) is 19.8 Å². The maximum Gasteiger partial charge on any atom is 0.192 e. The van der Waals surface area contributed by atoms with Crippen LogP contribution in [0.4, 0.5) is 0 Å². The van der Waals surface area contributed by atoms with E-state index in [1.807, 2.05) is 42.3 Å². The van der Waals surface area contributed by atoms with Gasteiger partial charge in [0.15, 0.2) is 23.7 Å². The van der Waals surface area contributed by atoms with Gasteiger partial charge in [-0.15, -0.1) is 0 Å². The summed E-state index contributed by atoms with van der Waals surface area (Å²) in [7, 11) is 11.0. The predicted molar refractivity (Wildman–Crippen MR) is 80.9 cm³/mol. The summed E-state index contributed by atoms with van der Waals surface area (Å²) in [5, 5.41) is 18.6. The van der Waals surface area contributed by atoms with Crippen LogP contribution in [0.15, 0.2) is 0 Å². The summed E-state index contributed by atoms with van der Waals surface area (Å²) in [6.45, 7) is -0.454. The molecule has 0 fully saturated rings. The molecular weight excluding hydrogens is 292 g/mol. The number of rotatable bonds is 9. The molecular formula is C14H32N2O6. The fourth-order valence-corrected chi connectivity index (χ4v) is 2.14. The van der Waals surface area contributed by atoms with Crippen LogP contribution in [0.3, 0.4) is 0 Å². The number of carbonyl (C=O) groups is 2. The Morgan fingerprint density at radius 2 is 0.955 bits per heavy atom. The van der Waals surface area contributed by atoms with E-state index in [-0.39, 0.29) is 48.6 Å². The Bertz CT molecular complexity index is 312. The molecule has 2 atom stereocenters. The first-order valence-corrected chi connectivity index (χ1v) is 6.84. The van der Waals surface area contributed by atoms with Crippen molar-refractivity contribution < 1.29 is 39.7 Å². The highest BCUT2D eigenvalue weighted by atomic mass is 16.3. The Hall–Kier alpha value is -0.900. The second kappa shape index (κ2) is 9.98. The van der Waals surface area contributed by atoms with Gasteiger partial charge >= 0.3 is 0 Å². The van der Waals surface area contributed by atoms with Gasteiger partial charge in [0, 0.05) is 12.8 Å². The van der Waals surface area contributed by atoms with Crippen LogP contribution < -0.4 is 0 Å². The molecule has 0 amide bonds. The smallest absolute Gasteiger partial charge is 0.192 e. The molecule has 0 spiro atoms. The number of likely N-dealkylation sites (N-methyl/N-ethyl adjacent to an activating group) is 2. The zero-order valence-electron chi connectivity index (χ0n) is 14.5. The monoisotopic (exact) mass is 324 g/mol. The Labute approximate surface area is 132 Å². The SMILES string of the molecule is C[N+](C)(C)C(CO)C(=O)CCC(=O)C(CO)[N+](C)(C)C.[OH-].[OH-]. The quantitative estimate of drug-likeness (QED) is 0.505. The van der Waals surface area contributed by atoms with Gasteiger partial charge in [0.2, 0.25) is 0 Å². The molecule has 4 N–H and O–H groups in total. The van der Waals surface area contributed by atoms with Gasteiger partial charge in [0.25, 0.3) is 0 Å². The number of aliphatic hydroxyl groups is 2. The average molecular weight is 324 g/mol. The number of aliphatic hydroxyl groups excluding tert-OH is 2. The standard InChI is InChI=1S/C14H30N2O4.2H2O/c1-15(2,3)11(9-17)13(19)7-8-14(20)12(10-18)16(4,5)6;;/h11-12,17-18H,7-10H2,1-6H3;2*1H2/q+2;;/p-2. The maximum absolute atomic E-state index is 12.1. The van der Waals surface area contributed by atoms with E-state index in [2.05, 4.69) is 0 Å². The van der Waals surface area contributed by atoms with Gasteiger partial charge in [-0.25, -0.2) is 0 Å². The number of quaternary nitrogens is 2. The summed E-state index contributed by atoms with van der Waals surface area (Å²) in [5.74, 6) is -0.238. The van der Waals surface area contributed by atoms with Gasteiger partial charge in [-0.2, -0.15) is 0 Å². The first-order valence-electron chi connectivity index (χ1n) is 6.84. The summed E-state index contributed by atoms with van der Waals surface area (Å²) in [4.78, 5) is 24.2.